The Kier molecular flexibility index (Phi) is 7.20. The van der Waals surface area contributed by atoms with Gasteiger partial charge in [-0.1, -0.05) is 32.0 Å². The van der Waals surface area contributed by atoms with Gasteiger partial charge in [0, 0.05) is 24.8 Å². The third-order valence-corrected chi connectivity index (χ3v) is 5.63. The number of para-hydroxylation sites is 1. The van der Waals surface area contributed by atoms with Crippen molar-refractivity contribution in [3.05, 3.63) is 64.7 Å². The van der Waals surface area contributed by atoms with Gasteiger partial charge < -0.3 is 24.2 Å². The molecule has 2 aromatic rings. The maximum absolute atomic E-state index is 13.1. The molecule has 1 aliphatic heterocycles. The van der Waals surface area contributed by atoms with E-state index in [1.807, 2.05) is 19.9 Å². The maximum Gasteiger partial charge on any atom is 0.295 e. The summed E-state index contributed by atoms with van der Waals surface area (Å²) in [7, 11) is 4.64. The van der Waals surface area contributed by atoms with Crippen molar-refractivity contribution in [1.82, 2.24) is 4.90 Å². The fraction of sp³-hybridized carbons (Fsp3) is 0.360. The lowest BCUT2D eigenvalue weighted by Gasteiger charge is -2.26. The Hall–Kier alpha value is -3.32. The highest BCUT2D eigenvalue weighted by atomic mass is 16.5. The first-order chi connectivity index (χ1) is 15.3. The number of carbonyl (C=O) groups excluding carboxylic acids is 2. The summed E-state index contributed by atoms with van der Waals surface area (Å²) in [6.07, 6.45) is 0. The second kappa shape index (κ2) is 9.87. The van der Waals surface area contributed by atoms with Gasteiger partial charge in [-0.15, -0.1) is 0 Å². The van der Waals surface area contributed by atoms with Crippen molar-refractivity contribution in [1.29, 1.82) is 0 Å². The van der Waals surface area contributed by atoms with Crippen LogP contribution >= 0.6 is 0 Å². The fourth-order valence-corrected chi connectivity index (χ4v) is 4.00. The molecule has 1 aliphatic rings. The van der Waals surface area contributed by atoms with Gasteiger partial charge in [0.15, 0.2) is 0 Å². The molecule has 0 saturated carbocycles. The Morgan fingerprint density at radius 1 is 1.03 bits per heavy atom. The van der Waals surface area contributed by atoms with Gasteiger partial charge in [-0.25, -0.2) is 0 Å². The molecule has 1 fully saturated rings. The minimum Gasteiger partial charge on any atom is -0.507 e. The first kappa shape index (κ1) is 23.3. The van der Waals surface area contributed by atoms with Gasteiger partial charge in [0.25, 0.3) is 11.7 Å². The predicted octanol–water partition coefficient (Wildman–Crippen LogP) is 3.90. The number of ether oxygens (including phenoxy) is 3. The number of hydrogen-bond acceptors (Lipinski definition) is 6. The van der Waals surface area contributed by atoms with Crippen LogP contribution in [0.5, 0.6) is 11.5 Å². The van der Waals surface area contributed by atoms with Crippen LogP contribution in [0.2, 0.25) is 0 Å². The first-order valence-electron chi connectivity index (χ1n) is 10.4. The molecule has 1 N–H and O–H groups in total. The average Bonchev–Trinajstić information content (AvgIpc) is 3.06. The van der Waals surface area contributed by atoms with Crippen LogP contribution in [0.25, 0.3) is 5.76 Å². The minimum atomic E-state index is -0.800. The predicted molar refractivity (Wildman–Crippen MR) is 121 cm³/mol. The van der Waals surface area contributed by atoms with Crippen LogP contribution in [-0.2, 0) is 14.3 Å². The second-order valence-electron chi connectivity index (χ2n) is 7.84. The number of likely N-dealkylation sites (tertiary alicyclic amines) is 1. The van der Waals surface area contributed by atoms with Gasteiger partial charge in [-0.2, -0.15) is 0 Å². The largest absolute Gasteiger partial charge is 0.507 e. The Morgan fingerprint density at radius 2 is 1.72 bits per heavy atom. The number of carbonyl (C=O) groups is 2. The maximum atomic E-state index is 13.1. The Bertz CT molecular complexity index is 1040. The van der Waals surface area contributed by atoms with Crippen LogP contribution in [-0.4, -0.2) is 56.2 Å². The molecule has 0 aliphatic carbocycles. The van der Waals surface area contributed by atoms with Gasteiger partial charge in [0.2, 0.25) is 0 Å². The molecule has 1 heterocycles. The van der Waals surface area contributed by atoms with Crippen molar-refractivity contribution < 1.29 is 28.9 Å². The smallest absolute Gasteiger partial charge is 0.295 e. The van der Waals surface area contributed by atoms with E-state index in [1.165, 1.54) is 19.1 Å². The molecule has 0 spiro atoms. The molecule has 0 aromatic heterocycles. The molecule has 0 radical (unpaired) electrons. The molecular weight excluding hydrogens is 410 g/mol. The van der Waals surface area contributed by atoms with Crippen LogP contribution in [0.3, 0.4) is 0 Å². The number of Topliss-reactive ketones (excluding diaryl/α,β-unsaturated/α-hetero) is 1. The number of hydrogen-bond donors (Lipinski definition) is 1. The van der Waals surface area contributed by atoms with E-state index in [2.05, 4.69) is 0 Å². The van der Waals surface area contributed by atoms with E-state index in [1.54, 1.807) is 43.5 Å². The number of rotatable bonds is 8. The number of methoxy groups -OCH3 is 3. The summed E-state index contributed by atoms with van der Waals surface area (Å²) in [4.78, 5) is 27.5. The summed E-state index contributed by atoms with van der Waals surface area (Å²) in [6, 6.07) is 11.6. The molecule has 1 atom stereocenters. The third kappa shape index (κ3) is 4.21. The fourth-order valence-electron chi connectivity index (χ4n) is 4.00. The Labute approximate surface area is 188 Å². The molecule has 170 valence electrons. The normalized spacial score (nSPS) is 17.8. The van der Waals surface area contributed by atoms with E-state index < -0.39 is 17.7 Å². The summed E-state index contributed by atoms with van der Waals surface area (Å²) in [5.74, 6) is -0.312. The molecule has 7 nitrogen and oxygen atoms in total. The van der Waals surface area contributed by atoms with Gasteiger partial charge in [-0.05, 0) is 35.7 Å². The molecule has 32 heavy (non-hydrogen) atoms. The number of amides is 1. The lowest BCUT2D eigenvalue weighted by Crippen LogP contribution is -2.32. The number of ketones is 1. The molecule has 3 rings (SSSR count). The topological polar surface area (TPSA) is 85.3 Å². The van der Waals surface area contributed by atoms with E-state index in [-0.39, 0.29) is 30.4 Å². The SMILES string of the molecule is COCCN1C(=O)C(=O)/C(=C(/O)c2ccc(OC)c(C(C)C)c2)C1c1ccccc1OC. The molecular formula is C25H29NO6. The number of nitrogens with zero attached hydrogens (tertiary/aromatic N) is 1. The molecule has 0 bridgehead atoms. The van der Waals surface area contributed by atoms with E-state index in [9.17, 15) is 14.7 Å². The average molecular weight is 440 g/mol. The summed E-state index contributed by atoms with van der Waals surface area (Å²) in [5.41, 5.74) is 1.97. The summed E-state index contributed by atoms with van der Waals surface area (Å²) in [6.45, 7) is 4.47. The first-order valence-corrected chi connectivity index (χ1v) is 10.4. The highest BCUT2D eigenvalue weighted by Crippen LogP contribution is 2.43. The van der Waals surface area contributed by atoms with Crippen molar-refractivity contribution in [2.45, 2.75) is 25.8 Å². The van der Waals surface area contributed by atoms with Gasteiger partial charge in [0.1, 0.15) is 17.3 Å². The zero-order valence-electron chi connectivity index (χ0n) is 19.0. The zero-order chi connectivity index (χ0) is 23.4. The van der Waals surface area contributed by atoms with Crippen molar-refractivity contribution in [2.24, 2.45) is 0 Å². The monoisotopic (exact) mass is 439 g/mol. The second-order valence-corrected chi connectivity index (χ2v) is 7.84. The van der Waals surface area contributed by atoms with Crippen LogP contribution in [0.15, 0.2) is 48.0 Å². The number of aliphatic hydroxyl groups is 1. The minimum absolute atomic E-state index is 0.0236. The molecule has 7 heteroatoms. The summed E-state index contributed by atoms with van der Waals surface area (Å²) in [5, 5.41) is 11.3. The van der Waals surface area contributed by atoms with Crippen molar-refractivity contribution >= 4 is 17.4 Å². The highest BCUT2D eigenvalue weighted by molar-refractivity contribution is 6.46. The van der Waals surface area contributed by atoms with Crippen molar-refractivity contribution in [2.75, 3.05) is 34.5 Å². The van der Waals surface area contributed by atoms with E-state index >= 15 is 0 Å². The van der Waals surface area contributed by atoms with E-state index in [0.29, 0.717) is 22.6 Å². The molecule has 1 amide bonds. The summed E-state index contributed by atoms with van der Waals surface area (Å²) >= 11 is 0. The Morgan fingerprint density at radius 3 is 2.34 bits per heavy atom. The van der Waals surface area contributed by atoms with E-state index in [4.69, 9.17) is 14.2 Å². The van der Waals surface area contributed by atoms with Crippen LogP contribution in [0.4, 0.5) is 0 Å². The number of aliphatic hydroxyl groups excluding tert-OH is 1. The van der Waals surface area contributed by atoms with Gasteiger partial charge in [0.05, 0.1) is 32.4 Å². The van der Waals surface area contributed by atoms with Crippen LogP contribution in [0.1, 0.15) is 42.5 Å². The molecule has 2 aromatic carbocycles. The summed E-state index contributed by atoms with van der Waals surface area (Å²) < 4.78 is 16.1. The van der Waals surface area contributed by atoms with Gasteiger partial charge >= 0.3 is 0 Å². The quantitative estimate of drug-likeness (QED) is 0.382. The van der Waals surface area contributed by atoms with Crippen LogP contribution in [0, 0.1) is 0 Å². The zero-order valence-corrected chi connectivity index (χ0v) is 19.0. The molecule has 1 saturated heterocycles. The highest BCUT2D eigenvalue weighted by Gasteiger charge is 2.46. The number of benzene rings is 2. The Balaban J connectivity index is 2.23. The van der Waals surface area contributed by atoms with Crippen LogP contribution < -0.4 is 9.47 Å². The molecule has 1 unspecified atom stereocenters. The van der Waals surface area contributed by atoms with Gasteiger partial charge in [-0.3, -0.25) is 9.59 Å². The third-order valence-electron chi connectivity index (χ3n) is 5.63. The lowest BCUT2D eigenvalue weighted by atomic mass is 9.92. The standard InChI is InChI=1S/C25H29NO6/c1-15(2)18-14-16(10-11-20(18)32-5)23(27)21-22(17-8-6-7-9-19(17)31-4)26(12-13-30-3)25(29)24(21)28/h6-11,14-15,22,27H,12-13H2,1-5H3/b23-21+. The lowest BCUT2D eigenvalue weighted by molar-refractivity contribution is -0.140. The van der Waals surface area contributed by atoms with Crippen molar-refractivity contribution in [3.63, 3.8) is 0 Å². The van der Waals surface area contributed by atoms with Crippen molar-refractivity contribution in [3.8, 4) is 11.5 Å². The van der Waals surface area contributed by atoms with E-state index in [0.717, 1.165) is 5.56 Å².